The van der Waals surface area contributed by atoms with Crippen LogP contribution >= 0.6 is 0 Å². The smallest absolute Gasteiger partial charge is 0.261 e. The van der Waals surface area contributed by atoms with Crippen molar-refractivity contribution in [1.82, 2.24) is 0 Å². The Kier molecular flexibility index (Phi) is 6.64. The Morgan fingerprint density at radius 1 is 0.784 bits per heavy atom. The molecule has 0 N–H and O–H groups in total. The number of fused-ring (bicyclic) bond motifs is 2. The molecule has 0 radical (unpaired) electrons. The first-order chi connectivity index (χ1) is 18.0. The second-order valence-electron chi connectivity index (χ2n) is 8.94. The average molecular weight is 493 g/mol. The number of para-hydroxylation sites is 1. The van der Waals surface area contributed by atoms with Gasteiger partial charge in [0.05, 0.1) is 26.3 Å². The van der Waals surface area contributed by atoms with Crippen LogP contribution in [0.3, 0.4) is 0 Å². The molecule has 0 fully saturated rings. The Labute approximate surface area is 216 Å². The van der Waals surface area contributed by atoms with E-state index in [2.05, 4.69) is 18.2 Å². The number of benzene rings is 4. The van der Waals surface area contributed by atoms with Crippen molar-refractivity contribution in [1.29, 1.82) is 0 Å². The minimum absolute atomic E-state index is 0.0819. The molecule has 5 rings (SSSR count). The topological polar surface area (TPSA) is 59.1 Å². The average Bonchev–Trinajstić information content (AvgIpc) is 3.12. The highest BCUT2D eigenvalue weighted by Gasteiger charge is 2.25. The zero-order valence-corrected chi connectivity index (χ0v) is 21.1. The first kappa shape index (κ1) is 24.1. The van der Waals surface area contributed by atoms with E-state index in [1.165, 1.54) is 17.6 Å². The third-order valence-electron chi connectivity index (χ3n) is 6.80. The van der Waals surface area contributed by atoms with Crippen LogP contribution in [-0.2, 0) is 13.0 Å². The molecule has 1 aliphatic rings. The van der Waals surface area contributed by atoms with E-state index in [0.717, 1.165) is 23.2 Å². The van der Waals surface area contributed by atoms with Crippen LogP contribution in [0, 0.1) is 0 Å². The fraction of sp³-hybridized carbons (Fsp3) is 0.161. The summed E-state index contributed by atoms with van der Waals surface area (Å²) in [6.45, 7) is 0.503. The van der Waals surface area contributed by atoms with Gasteiger partial charge in [-0.05, 0) is 65.6 Å². The summed E-state index contributed by atoms with van der Waals surface area (Å²) in [6.07, 6.45) is 0.788. The highest BCUT2D eigenvalue weighted by Crippen LogP contribution is 2.32. The van der Waals surface area contributed by atoms with E-state index in [1.54, 1.807) is 56.6 Å². The Hall–Kier alpha value is -4.58. The van der Waals surface area contributed by atoms with Gasteiger partial charge in [0.25, 0.3) is 11.8 Å². The monoisotopic (exact) mass is 492 g/mol. The van der Waals surface area contributed by atoms with E-state index in [9.17, 15) is 9.59 Å². The van der Waals surface area contributed by atoms with Crippen LogP contribution in [-0.4, -0.2) is 33.1 Å². The lowest BCUT2D eigenvalue weighted by Crippen LogP contribution is -2.30. The summed E-state index contributed by atoms with van der Waals surface area (Å²) in [7, 11) is 4.78. The van der Waals surface area contributed by atoms with Gasteiger partial charge in [0.1, 0.15) is 11.5 Å². The van der Waals surface area contributed by atoms with E-state index in [4.69, 9.17) is 9.47 Å². The maximum Gasteiger partial charge on any atom is 0.261 e. The second-order valence-corrected chi connectivity index (χ2v) is 8.94. The molecule has 0 aromatic heterocycles. The number of anilines is 2. The SMILES string of the molecule is COc1ccc(C(=O)N(C)c2ccc(C(=O)N3Cc4ccccc4Cc4ccccc43)cc2)c(OC)c1. The van der Waals surface area contributed by atoms with Crippen LogP contribution in [0.4, 0.5) is 11.4 Å². The zero-order valence-electron chi connectivity index (χ0n) is 21.1. The summed E-state index contributed by atoms with van der Waals surface area (Å²) >= 11 is 0. The molecular formula is C31H28N2O4. The van der Waals surface area contributed by atoms with E-state index in [0.29, 0.717) is 34.9 Å². The molecule has 4 aromatic rings. The van der Waals surface area contributed by atoms with E-state index in [1.807, 2.05) is 35.2 Å². The summed E-state index contributed by atoms with van der Waals surface area (Å²) in [6, 6.07) is 28.5. The largest absolute Gasteiger partial charge is 0.497 e. The minimum atomic E-state index is -0.225. The number of methoxy groups -OCH3 is 2. The standard InChI is InChI=1S/C31H28N2O4/c1-32(31(35)27-17-16-26(36-2)19-29(27)37-3)25-14-12-21(13-15-25)30(34)33-20-24-10-5-4-8-22(24)18-23-9-6-7-11-28(23)33/h4-17,19H,18,20H2,1-3H3. The van der Waals surface area contributed by atoms with E-state index in [-0.39, 0.29) is 11.8 Å². The normalized spacial score (nSPS) is 12.1. The van der Waals surface area contributed by atoms with Gasteiger partial charge in [0.15, 0.2) is 0 Å². The van der Waals surface area contributed by atoms with E-state index >= 15 is 0 Å². The van der Waals surface area contributed by atoms with Gasteiger partial charge in [0, 0.05) is 30.1 Å². The van der Waals surface area contributed by atoms with Gasteiger partial charge < -0.3 is 19.3 Å². The lowest BCUT2D eigenvalue weighted by molar-refractivity contribution is 0.0981. The third-order valence-corrected chi connectivity index (χ3v) is 6.80. The Bertz CT molecular complexity index is 1460. The highest BCUT2D eigenvalue weighted by atomic mass is 16.5. The number of carbonyl (C=O) groups excluding carboxylic acids is 2. The maximum absolute atomic E-state index is 13.7. The lowest BCUT2D eigenvalue weighted by Gasteiger charge is -2.24. The molecule has 2 amide bonds. The maximum atomic E-state index is 13.7. The van der Waals surface area contributed by atoms with Crippen LogP contribution in [0.1, 0.15) is 37.4 Å². The van der Waals surface area contributed by atoms with Crippen LogP contribution in [0.15, 0.2) is 91.0 Å². The zero-order chi connectivity index (χ0) is 25.9. The van der Waals surface area contributed by atoms with Crippen molar-refractivity contribution < 1.29 is 19.1 Å². The number of nitrogens with zero attached hydrogens (tertiary/aromatic N) is 2. The Morgan fingerprint density at radius 3 is 2.16 bits per heavy atom. The molecule has 6 nitrogen and oxygen atoms in total. The quantitative estimate of drug-likeness (QED) is 0.357. The molecule has 4 aromatic carbocycles. The molecule has 0 bridgehead atoms. The molecule has 37 heavy (non-hydrogen) atoms. The van der Waals surface area contributed by atoms with Gasteiger partial charge in [-0.1, -0.05) is 42.5 Å². The summed E-state index contributed by atoms with van der Waals surface area (Å²) in [5.74, 6) is 0.734. The van der Waals surface area contributed by atoms with Gasteiger partial charge in [0.2, 0.25) is 0 Å². The number of amides is 2. The highest BCUT2D eigenvalue weighted by molar-refractivity contribution is 6.09. The number of rotatable bonds is 5. The van der Waals surface area contributed by atoms with Crippen LogP contribution in [0.2, 0.25) is 0 Å². The molecule has 1 heterocycles. The van der Waals surface area contributed by atoms with Crippen molar-refractivity contribution in [2.24, 2.45) is 0 Å². The molecule has 0 spiro atoms. The fourth-order valence-electron chi connectivity index (χ4n) is 4.71. The summed E-state index contributed by atoms with van der Waals surface area (Å²) in [5.41, 5.74) is 6.06. The minimum Gasteiger partial charge on any atom is -0.497 e. The molecule has 1 aliphatic heterocycles. The van der Waals surface area contributed by atoms with Gasteiger partial charge in [-0.3, -0.25) is 9.59 Å². The van der Waals surface area contributed by atoms with Crippen molar-refractivity contribution in [3.63, 3.8) is 0 Å². The van der Waals surface area contributed by atoms with Gasteiger partial charge >= 0.3 is 0 Å². The molecular weight excluding hydrogens is 464 g/mol. The number of carbonyl (C=O) groups is 2. The van der Waals surface area contributed by atoms with Crippen molar-refractivity contribution in [3.8, 4) is 11.5 Å². The van der Waals surface area contributed by atoms with Crippen molar-refractivity contribution >= 4 is 23.2 Å². The first-order valence-electron chi connectivity index (χ1n) is 12.1. The summed E-state index contributed by atoms with van der Waals surface area (Å²) < 4.78 is 10.6. The number of ether oxygens (including phenoxy) is 2. The van der Waals surface area contributed by atoms with Crippen LogP contribution < -0.4 is 19.3 Å². The van der Waals surface area contributed by atoms with Crippen molar-refractivity contribution in [3.05, 3.63) is 119 Å². The lowest BCUT2D eigenvalue weighted by atomic mass is 10.0. The molecule has 6 heteroatoms. The summed E-state index contributed by atoms with van der Waals surface area (Å²) in [4.78, 5) is 30.3. The predicted octanol–water partition coefficient (Wildman–Crippen LogP) is 5.73. The second kappa shape index (κ2) is 10.2. The predicted molar refractivity (Wildman–Crippen MR) is 145 cm³/mol. The van der Waals surface area contributed by atoms with Gasteiger partial charge in [-0.25, -0.2) is 0 Å². The molecule has 0 atom stereocenters. The molecule has 0 unspecified atom stereocenters. The number of hydrogen-bond acceptors (Lipinski definition) is 4. The Balaban J connectivity index is 1.41. The molecule has 0 saturated heterocycles. The fourth-order valence-corrected chi connectivity index (χ4v) is 4.71. The number of hydrogen-bond donors (Lipinski definition) is 0. The summed E-state index contributed by atoms with van der Waals surface area (Å²) in [5, 5.41) is 0. The van der Waals surface area contributed by atoms with Crippen molar-refractivity contribution in [2.45, 2.75) is 13.0 Å². The van der Waals surface area contributed by atoms with Gasteiger partial charge in [-0.2, -0.15) is 0 Å². The van der Waals surface area contributed by atoms with Crippen LogP contribution in [0.5, 0.6) is 11.5 Å². The first-order valence-corrected chi connectivity index (χ1v) is 12.1. The molecule has 186 valence electrons. The van der Waals surface area contributed by atoms with Crippen molar-refractivity contribution in [2.75, 3.05) is 31.1 Å². The molecule has 0 aliphatic carbocycles. The van der Waals surface area contributed by atoms with Crippen LogP contribution in [0.25, 0.3) is 0 Å². The van der Waals surface area contributed by atoms with E-state index < -0.39 is 0 Å². The van der Waals surface area contributed by atoms with Gasteiger partial charge in [-0.15, -0.1) is 0 Å². The molecule has 0 saturated carbocycles. The third kappa shape index (κ3) is 4.66. The Morgan fingerprint density at radius 2 is 1.46 bits per heavy atom.